The molecule has 15 heavy (non-hydrogen) atoms. The molecule has 0 aromatic carbocycles. The van der Waals surface area contributed by atoms with Crippen molar-refractivity contribution in [2.45, 2.75) is 26.3 Å². The van der Waals surface area contributed by atoms with Crippen molar-refractivity contribution in [3.63, 3.8) is 0 Å². The van der Waals surface area contributed by atoms with Gasteiger partial charge in [0.15, 0.2) is 5.65 Å². The van der Waals surface area contributed by atoms with Crippen LogP contribution in [0.4, 0.5) is 0 Å². The molecule has 0 aliphatic rings. The van der Waals surface area contributed by atoms with Crippen LogP contribution in [0.5, 0.6) is 0 Å². The van der Waals surface area contributed by atoms with Crippen LogP contribution in [0.3, 0.4) is 0 Å². The van der Waals surface area contributed by atoms with Crippen LogP contribution in [0, 0.1) is 5.92 Å². The summed E-state index contributed by atoms with van der Waals surface area (Å²) >= 11 is 0. The molecule has 2 N–H and O–H groups in total. The van der Waals surface area contributed by atoms with Crippen LogP contribution in [-0.4, -0.2) is 20.6 Å². The van der Waals surface area contributed by atoms with Gasteiger partial charge in [0, 0.05) is 18.7 Å². The summed E-state index contributed by atoms with van der Waals surface area (Å²) in [6.07, 6.45) is 2.74. The molecule has 2 aromatic rings. The zero-order valence-corrected chi connectivity index (χ0v) is 9.09. The van der Waals surface area contributed by atoms with Gasteiger partial charge in [0.2, 0.25) is 0 Å². The SMILES string of the molecule is CC(C)C(N)Cc1nnc2ccccn12. The fourth-order valence-electron chi connectivity index (χ4n) is 1.48. The summed E-state index contributed by atoms with van der Waals surface area (Å²) in [5, 5.41) is 8.24. The molecule has 0 fully saturated rings. The molecule has 2 heterocycles. The molecule has 2 aromatic heterocycles. The van der Waals surface area contributed by atoms with Crippen molar-refractivity contribution >= 4 is 5.65 Å². The van der Waals surface area contributed by atoms with Crippen molar-refractivity contribution in [3.05, 3.63) is 30.2 Å². The molecule has 1 atom stereocenters. The van der Waals surface area contributed by atoms with Crippen molar-refractivity contribution in [1.82, 2.24) is 14.6 Å². The third-order valence-corrected chi connectivity index (χ3v) is 2.66. The Bertz CT molecular complexity index is 447. The molecule has 0 saturated heterocycles. The molecule has 0 spiro atoms. The molecular weight excluding hydrogens is 188 g/mol. The second-order valence-corrected chi connectivity index (χ2v) is 4.16. The number of aromatic nitrogens is 3. The van der Waals surface area contributed by atoms with E-state index in [0.29, 0.717) is 5.92 Å². The summed E-state index contributed by atoms with van der Waals surface area (Å²) < 4.78 is 1.99. The molecule has 4 heteroatoms. The fraction of sp³-hybridized carbons (Fsp3) is 0.455. The lowest BCUT2D eigenvalue weighted by Gasteiger charge is -2.13. The van der Waals surface area contributed by atoms with Gasteiger partial charge in [0.25, 0.3) is 0 Å². The van der Waals surface area contributed by atoms with E-state index in [-0.39, 0.29) is 6.04 Å². The highest BCUT2D eigenvalue weighted by molar-refractivity contribution is 5.37. The summed E-state index contributed by atoms with van der Waals surface area (Å²) in [7, 11) is 0. The zero-order chi connectivity index (χ0) is 10.8. The number of rotatable bonds is 3. The minimum absolute atomic E-state index is 0.137. The van der Waals surface area contributed by atoms with E-state index >= 15 is 0 Å². The van der Waals surface area contributed by atoms with Gasteiger partial charge in [0.1, 0.15) is 5.82 Å². The highest BCUT2D eigenvalue weighted by Gasteiger charge is 2.12. The smallest absolute Gasteiger partial charge is 0.160 e. The minimum atomic E-state index is 0.137. The number of nitrogens with zero attached hydrogens (tertiary/aromatic N) is 3. The average molecular weight is 204 g/mol. The van der Waals surface area contributed by atoms with Crippen LogP contribution in [0.2, 0.25) is 0 Å². The average Bonchev–Trinajstić information content (AvgIpc) is 2.62. The minimum Gasteiger partial charge on any atom is -0.327 e. The maximum Gasteiger partial charge on any atom is 0.160 e. The van der Waals surface area contributed by atoms with Gasteiger partial charge < -0.3 is 5.73 Å². The number of hydrogen-bond acceptors (Lipinski definition) is 3. The second-order valence-electron chi connectivity index (χ2n) is 4.16. The molecule has 0 radical (unpaired) electrons. The normalized spacial score (nSPS) is 13.6. The summed E-state index contributed by atoms with van der Waals surface area (Å²) in [4.78, 5) is 0. The van der Waals surface area contributed by atoms with Gasteiger partial charge >= 0.3 is 0 Å². The van der Waals surface area contributed by atoms with Gasteiger partial charge in [-0.15, -0.1) is 10.2 Å². The monoisotopic (exact) mass is 204 g/mol. The van der Waals surface area contributed by atoms with Crippen molar-refractivity contribution in [2.75, 3.05) is 0 Å². The molecule has 0 aliphatic heterocycles. The van der Waals surface area contributed by atoms with Crippen molar-refractivity contribution in [2.24, 2.45) is 11.7 Å². The van der Waals surface area contributed by atoms with Gasteiger partial charge in [-0.3, -0.25) is 4.40 Å². The molecule has 0 amide bonds. The Hall–Kier alpha value is -1.42. The second kappa shape index (κ2) is 3.98. The van der Waals surface area contributed by atoms with Gasteiger partial charge in [-0.1, -0.05) is 19.9 Å². The van der Waals surface area contributed by atoms with E-state index in [2.05, 4.69) is 24.0 Å². The third-order valence-electron chi connectivity index (χ3n) is 2.66. The van der Waals surface area contributed by atoms with Crippen LogP contribution < -0.4 is 5.73 Å². The predicted molar refractivity (Wildman–Crippen MR) is 59.5 cm³/mol. The van der Waals surface area contributed by atoms with Crippen molar-refractivity contribution in [1.29, 1.82) is 0 Å². The Morgan fingerprint density at radius 1 is 1.33 bits per heavy atom. The van der Waals surface area contributed by atoms with E-state index in [1.54, 1.807) is 0 Å². The first-order valence-electron chi connectivity index (χ1n) is 5.22. The number of nitrogens with two attached hydrogens (primary N) is 1. The Kier molecular flexibility index (Phi) is 2.68. The molecule has 1 unspecified atom stereocenters. The van der Waals surface area contributed by atoms with Crippen LogP contribution in [0.1, 0.15) is 19.7 Å². The fourth-order valence-corrected chi connectivity index (χ4v) is 1.48. The van der Waals surface area contributed by atoms with Gasteiger partial charge in [-0.25, -0.2) is 0 Å². The first-order valence-corrected chi connectivity index (χ1v) is 5.22. The van der Waals surface area contributed by atoms with E-state index in [1.807, 2.05) is 28.8 Å². The molecular formula is C11H16N4. The van der Waals surface area contributed by atoms with Gasteiger partial charge in [-0.05, 0) is 18.1 Å². The Labute approximate surface area is 89.1 Å². The largest absolute Gasteiger partial charge is 0.327 e. The summed E-state index contributed by atoms with van der Waals surface area (Å²) in [5.41, 5.74) is 6.90. The number of pyridine rings is 1. The van der Waals surface area contributed by atoms with Crippen LogP contribution in [0.25, 0.3) is 5.65 Å². The topological polar surface area (TPSA) is 56.2 Å². The highest BCUT2D eigenvalue weighted by Crippen LogP contribution is 2.08. The lowest BCUT2D eigenvalue weighted by molar-refractivity contribution is 0.480. The van der Waals surface area contributed by atoms with E-state index in [9.17, 15) is 0 Å². The molecule has 4 nitrogen and oxygen atoms in total. The Morgan fingerprint density at radius 2 is 2.13 bits per heavy atom. The predicted octanol–water partition coefficient (Wildman–Crippen LogP) is 1.26. The van der Waals surface area contributed by atoms with Crippen molar-refractivity contribution in [3.8, 4) is 0 Å². The molecule has 2 rings (SSSR count). The maximum absolute atomic E-state index is 6.02. The number of hydrogen-bond donors (Lipinski definition) is 1. The first-order chi connectivity index (χ1) is 7.18. The van der Waals surface area contributed by atoms with E-state index < -0.39 is 0 Å². The molecule has 0 saturated carbocycles. The first kappa shape index (κ1) is 10.1. The van der Waals surface area contributed by atoms with E-state index in [0.717, 1.165) is 17.9 Å². The summed E-state index contributed by atoms with van der Waals surface area (Å²) in [6, 6.07) is 6.01. The standard InChI is InChI=1S/C11H16N4/c1-8(2)9(12)7-11-14-13-10-5-3-4-6-15(10)11/h3-6,8-9H,7,12H2,1-2H3. The lowest BCUT2D eigenvalue weighted by Crippen LogP contribution is -2.29. The molecule has 80 valence electrons. The molecule has 0 bridgehead atoms. The van der Waals surface area contributed by atoms with Gasteiger partial charge in [0.05, 0.1) is 0 Å². The quantitative estimate of drug-likeness (QED) is 0.818. The number of fused-ring (bicyclic) bond motifs is 1. The highest BCUT2D eigenvalue weighted by atomic mass is 15.2. The Balaban J connectivity index is 2.29. The summed E-state index contributed by atoms with van der Waals surface area (Å²) in [6.45, 7) is 4.24. The zero-order valence-electron chi connectivity index (χ0n) is 9.09. The maximum atomic E-state index is 6.02. The lowest BCUT2D eigenvalue weighted by atomic mass is 10.0. The van der Waals surface area contributed by atoms with E-state index in [1.165, 1.54) is 0 Å². The Morgan fingerprint density at radius 3 is 2.87 bits per heavy atom. The van der Waals surface area contributed by atoms with Crippen molar-refractivity contribution < 1.29 is 0 Å². The molecule has 0 aliphatic carbocycles. The van der Waals surface area contributed by atoms with Crippen LogP contribution in [-0.2, 0) is 6.42 Å². The van der Waals surface area contributed by atoms with Gasteiger partial charge in [-0.2, -0.15) is 0 Å². The third kappa shape index (κ3) is 1.99. The van der Waals surface area contributed by atoms with Crippen LogP contribution >= 0.6 is 0 Å². The van der Waals surface area contributed by atoms with Crippen LogP contribution in [0.15, 0.2) is 24.4 Å². The van der Waals surface area contributed by atoms with E-state index in [4.69, 9.17) is 5.73 Å². The summed E-state index contributed by atoms with van der Waals surface area (Å²) in [5.74, 6) is 1.40.